The molecule has 1 unspecified atom stereocenters. The Morgan fingerprint density at radius 3 is 2.63 bits per heavy atom. The van der Waals surface area contributed by atoms with Crippen molar-refractivity contribution in [3.63, 3.8) is 0 Å². The second-order valence-electron chi connectivity index (χ2n) is 4.93. The third-order valence-corrected chi connectivity index (χ3v) is 4.25. The first-order valence-electron chi connectivity index (χ1n) is 6.54. The first kappa shape index (κ1) is 14.6. The zero-order valence-electron chi connectivity index (χ0n) is 10.9. The van der Waals surface area contributed by atoms with E-state index in [2.05, 4.69) is 10.6 Å². The SMILES string of the molecule is CC(NC(=O)C1CCNCC1)c1ccc(Cl)c(Cl)c1. The van der Waals surface area contributed by atoms with E-state index in [9.17, 15) is 4.79 Å². The number of hydrogen-bond acceptors (Lipinski definition) is 2. The fraction of sp³-hybridized carbons (Fsp3) is 0.500. The molecule has 5 heteroatoms. The molecular weight excluding hydrogens is 283 g/mol. The largest absolute Gasteiger partial charge is 0.349 e. The van der Waals surface area contributed by atoms with Crippen LogP contribution in [-0.2, 0) is 4.79 Å². The summed E-state index contributed by atoms with van der Waals surface area (Å²) in [4.78, 5) is 12.1. The van der Waals surface area contributed by atoms with E-state index in [0.29, 0.717) is 10.0 Å². The summed E-state index contributed by atoms with van der Waals surface area (Å²) in [6, 6.07) is 5.39. The molecule has 1 heterocycles. The molecule has 0 spiro atoms. The van der Waals surface area contributed by atoms with Gasteiger partial charge in [0.25, 0.3) is 0 Å². The van der Waals surface area contributed by atoms with E-state index in [1.165, 1.54) is 0 Å². The Labute approximate surface area is 123 Å². The van der Waals surface area contributed by atoms with Crippen molar-refractivity contribution < 1.29 is 4.79 Å². The Kier molecular flexibility index (Phi) is 5.08. The maximum absolute atomic E-state index is 12.1. The third kappa shape index (κ3) is 3.85. The fourth-order valence-electron chi connectivity index (χ4n) is 2.28. The predicted molar refractivity (Wildman–Crippen MR) is 78.6 cm³/mol. The molecule has 2 N–H and O–H groups in total. The van der Waals surface area contributed by atoms with Crippen molar-refractivity contribution in [3.05, 3.63) is 33.8 Å². The van der Waals surface area contributed by atoms with Crippen LogP contribution in [0.3, 0.4) is 0 Å². The molecule has 0 aromatic heterocycles. The molecule has 19 heavy (non-hydrogen) atoms. The highest BCUT2D eigenvalue weighted by molar-refractivity contribution is 6.42. The minimum absolute atomic E-state index is 0.0582. The van der Waals surface area contributed by atoms with Crippen LogP contribution in [0.25, 0.3) is 0 Å². The first-order valence-corrected chi connectivity index (χ1v) is 7.29. The lowest BCUT2D eigenvalue weighted by Gasteiger charge is -2.24. The number of carbonyl (C=O) groups is 1. The number of piperidine rings is 1. The topological polar surface area (TPSA) is 41.1 Å². The molecule has 3 nitrogen and oxygen atoms in total. The van der Waals surface area contributed by atoms with Crippen LogP contribution in [0.4, 0.5) is 0 Å². The summed E-state index contributed by atoms with van der Waals surface area (Å²) in [5.74, 6) is 0.242. The molecule has 2 rings (SSSR count). The normalized spacial score (nSPS) is 18.1. The van der Waals surface area contributed by atoms with Crippen molar-refractivity contribution in [1.29, 1.82) is 0 Å². The Hall–Kier alpha value is -0.770. The molecule has 1 saturated heterocycles. The maximum atomic E-state index is 12.1. The van der Waals surface area contributed by atoms with E-state index in [0.717, 1.165) is 31.5 Å². The molecule has 1 atom stereocenters. The number of rotatable bonds is 3. The van der Waals surface area contributed by atoms with Crippen molar-refractivity contribution in [2.75, 3.05) is 13.1 Å². The Bertz CT molecular complexity index is 459. The molecule has 0 saturated carbocycles. The summed E-state index contributed by atoms with van der Waals surface area (Å²) >= 11 is 11.9. The lowest BCUT2D eigenvalue weighted by Crippen LogP contribution is -2.39. The highest BCUT2D eigenvalue weighted by atomic mass is 35.5. The Morgan fingerprint density at radius 1 is 1.32 bits per heavy atom. The minimum atomic E-state index is -0.0582. The molecule has 1 aliphatic rings. The number of carbonyl (C=O) groups excluding carboxylic acids is 1. The van der Waals surface area contributed by atoms with E-state index in [-0.39, 0.29) is 17.9 Å². The zero-order valence-corrected chi connectivity index (χ0v) is 12.4. The lowest BCUT2D eigenvalue weighted by atomic mass is 9.96. The van der Waals surface area contributed by atoms with E-state index < -0.39 is 0 Å². The van der Waals surface area contributed by atoms with Gasteiger partial charge in [-0.25, -0.2) is 0 Å². The summed E-state index contributed by atoms with van der Waals surface area (Å²) < 4.78 is 0. The summed E-state index contributed by atoms with van der Waals surface area (Å²) in [5, 5.41) is 7.35. The number of hydrogen-bond donors (Lipinski definition) is 2. The molecular formula is C14H18Cl2N2O. The van der Waals surface area contributed by atoms with Crippen LogP contribution in [-0.4, -0.2) is 19.0 Å². The highest BCUT2D eigenvalue weighted by Gasteiger charge is 2.22. The second-order valence-corrected chi connectivity index (χ2v) is 5.74. The number of benzene rings is 1. The van der Waals surface area contributed by atoms with E-state index in [1.54, 1.807) is 12.1 Å². The van der Waals surface area contributed by atoms with Gasteiger partial charge in [0.2, 0.25) is 5.91 Å². The first-order chi connectivity index (χ1) is 9.08. The monoisotopic (exact) mass is 300 g/mol. The number of nitrogens with one attached hydrogen (secondary N) is 2. The summed E-state index contributed by atoms with van der Waals surface area (Å²) in [5.41, 5.74) is 0.969. The third-order valence-electron chi connectivity index (χ3n) is 3.51. The van der Waals surface area contributed by atoms with Gasteiger partial charge in [0.05, 0.1) is 16.1 Å². The molecule has 104 valence electrons. The van der Waals surface area contributed by atoms with Gasteiger partial charge in [-0.15, -0.1) is 0 Å². The summed E-state index contributed by atoms with van der Waals surface area (Å²) in [7, 11) is 0. The molecule has 1 aliphatic heterocycles. The van der Waals surface area contributed by atoms with Crippen LogP contribution in [0.5, 0.6) is 0 Å². The Balaban J connectivity index is 1.97. The van der Waals surface area contributed by atoms with Gasteiger partial charge in [-0.3, -0.25) is 4.79 Å². The van der Waals surface area contributed by atoms with Gasteiger partial charge in [0.15, 0.2) is 0 Å². The van der Waals surface area contributed by atoms with Crippen LogP contribution < -0.4 is 10.6 Å². The molecule has 1 fully saturated rings. The van der Waals surface area contributed by atoms with Gasteiger partial charge in [0.1, 0.15) is 0 Å². The van der Waals surface area contributed by atoms with Gasteiger partial charge in [-0.1, -0.05) is 29.3 Å². The van der Waals surface area contributed by atoms with Crippen molar-refractivity contribution in [2.45, 2.75) is 25.8 Å². The molecule has 1 aromatic rings. The minimum Gasteiger partial charge on any atom is -0.349 e. The second kappa shape index (κ2) is 6.60. The summed E-state index contributed by atoms with van der Waals surface area (Å²) in [6.45, 7) is 3.79. The smallest absolute Gasteiger partial charge is 0.223 e. The van der Waals surface area contributed by atoms with Crippen molar-refractivity contribution in [3.8, 4) is 0 Å². The van der Waals surface area contributed by atoms with Crippen molar-refractivity contribution >= 4 is 29.1 Å². The van der Waals surface area contributed by atoms with Crippen LogP contribution in [0.15, 0.2) is 18.2 Å². The number of halogens is 2. The van der Waals surface area contributed by atoms with Gasteiger partial charge >= 0.3 is 0 Å². The van der Waals surface area contributed by atoms with Crippen molar-refractivity contribution in [1.82, 2.24) is 10.6 Å². The molecule has 1 amide bonds. The van der Waals surface area contributed by atoms with Gasteiger partial charge in [-0.2, -0.15) is 0 Å². The van der Waals surface area contributed by atoms with Crippen LogP contribution in [0.1, 0.15) is 31.4 Å². The predicted octanol–water partition coefficient (Wildman–Crippen LogP) is 3.17. The molecule has 0 radical (unpaired) electrons. The van der Waals surface area contributed by atoms with E-state index in [4.69, 9.17) is 23.2 Å². The quantitative estimate of drug-likeness (QED) is 0.900. The Morgan fingerprint density at radius 2 is 2.00 bits per heavy atom. The molecule has 1 aromatic carbocycles. The average molecular weight is 301 g/mol. The molecule has 0 bridgehead atoms. The van der Waals surface area contributed by atoms with E-state index >= 15 is 0 Å². The van der Waals surface area contributed by atoms with Crippen LogP contribution >= 0.6 is 23.2 Å². The van der Waals surface area contributed by atoms with Crippen LogP contribution in [0.2, 0.25) is 10.0 Å². The maximum Gasteiger partial charge on any atom is 0.223 e. The standard InChI is InChI=1S/C14H18Cl2N2O/c1-9(11-2-3-12(15)13(16)8-11)18-14(19)10-4-6-17-7-5-10/h2-3,8-10,17H,4-7H2,1H3,(H,18,19). The summed E-state index contributed by atoms with van der Waals surface area (Å²) in [6.07, 6.45) is 1.81. The van der Waals surface area contributed by atoms with Crippen LogP contribution in [0, 0.1) is 5.92 Å². The number of amides is 1. The average Bonchev–Trinajstić information content (AvgIpc) is 2.42. The van der Waals surface area contributed by atoms with Gasteiger partial charge < -0.3 is 10.6 Å². The van der Waals surface area contributed by atoms with Gasteiger partial charge in [-0.05, 0) is 50.6 Å². The van der Waals surface area contributed by atoms with Crippen molar-refractivity contribution in [2.24, 2.45) is 5.92 Å². The molecule has 0 aliphatic carbocycles. The highest BCUT2D eigenvalue weighted by Crippen LogP contribution is 2.26. The lowest BCUT2D eigenvalue weighted by molar-refractivity contribution is -0.126. The zero-order chi connectivity index (χ0) is 13.8. The van der Waals surface area contributed by atoms with E-state index in [1.807, 2.05) is 13.0 Å². The van der Waals surface area contributed by atoms with Gasteiger partial charge in [0, 0.05) is 5.92 Å². The fourth-order valence-corrected chi connectivity index (χ4v) is 2.59.